The van der Waals surface area contributed by atoms with Gasteiger partial charge in [-0.15, -0.1) is 0 Å². The third kappa shape index (κ3) is 7.68. The van der Waals surface area contributed by atoms with E-state index in [2.05, 4.69) is 104 Å². The molecule has 0 aliphatic carbocycles. The highest BCUT2D eigenvalue weighted by atomic mass is 14.9. The van der Waals surface area contributed by atoms with Gasteiger partial charge in [-0.1, -0.05) is 82.3 Å². The first-order valence-corrected chi connectivity index (χ1v) is 11.4. The summed E-state index contributed by atoms with van der Waals surface area (Å²) in [5.41, 5.74) is 5.10. The molecular formula is C28H40N2. The summed E-state index contributed by atoms with van der Waals surface area (Å²) >= 11 is 0. The van der Waals surface area contributed by atoms with E-state index in [0.29, 0.717) is 6.04 Å². The second-order valence-corrected chi connectivity index (χ2v) is 6.83. The lowest BCUT2D eigenvalue weighted by molar-refractivity contribution is 0.541. The Bertz CT molecular complexity index is 915. The van der Waals surface area contributed by atoms with Gasteiger partial charge in [0.15, 0.2) is 0 Å². The number of nitrogens with one attached hydrogen (secondary N) is 2. The molecule has 0 amide bonds. The summed E-state index contributed by atoms with van der Waals surface area (Å²) < 4.78 is 0. The van der Waals surface area contributed by atoms with Crippen LogP contribution in [0, 0.1) is 0 Å². The van der Waals surface area contributed by atoms with Crippen molar-refractivity contribution in [3.05, 3.63) is 89.8 Å². The highest BCUT2D eigenvalue weighted by Crippen LogP contribution is 2.18. The maximum Gasteiger partial charge on any atom is 0.0208 e. The van der Waals surface area contributed by atoms with Crippen LogP contribution in [0.3, 0.4) is 0 Å². The van der Waals surface area contributed by atoms with Gasteiger partial charge in [-0.05, 0) is 60.4 Å². The van der Waals surface area contributed by atoms with Crippen LogP contribution in [-0.2, 0) is 13.0 Å². The average Bonchev–Trinajstić information content (AvgIpc) is 3.26. The first kappa shape index (κ1) is 25.5. The summed E-state index contributed by atoms with van der Waals surface area (Å²) in [4.78, 5) is 3.42. The third-order valence-electron chi connectivity index (χ3n) is 4.73. The van der Waals surface area contributed by atoms with Gasteiger partial charge in [-0.2, -0.15) is 0 Å². The molecule has 0 aliphatic rings. The van der Waals surface area contributed by atoms with Crippen LogP contribution in [0.1, 0.15) is 65.3 Å². The van der Waals surface area contributed by atoms with Crippen molar-refractivity contribution < 1.29 is 0 Å². The van der Waals surface area contributed by atoms with Crippen LogP contribution in [0.4, 0.5) is 0 Å². The van der Waals surface area contributed by atoms with E-state index in [1.807, 2.05) is 27.7 Å². The van der Waals surface area contributed by atoms with Gasteiger partial charge in [-0.3, -0.25) is 0 Å². The molecule has 0 fully saturated rings. The monoisotopic (exact) mass is 404 g/mol. The lowest BCUT2D eigenvalue weighted by Gasteiger charge is -2.13. The van der Waals surface area contributed by atoms with Crippen LogP contribution in [0.2, 0.25) is 0 Å². The number of rotatable bonds is 7. The van der Waals surface area contributed by atoms with Crippen LogP contribution < -0.4 is 5.32 Å². The smallest absolute Gasteiger partial charge is 0.0208 e. The number of benzene rings is 2. The Morgan fingerprint density at radius 2 is 1.67 bits per heavy atom. The maximum absolute atomic E-state index is 3.64. The largest absolute Gasteiger partial charge is 0.364 e. The first-order valence-electron chi connectivity index (χ1n) is 11.4. The molecule has 2 N–H and O–H groups in total. The fourth-order valence-electron chi connectivity index (χ4n) is 3.31. The molecule has 162 valence electrons. The van der Waals surface area contributed by atoms with Gasteiger partial charge in [0.25, 0.3) is 0 Å². The van der Waals surface area contributed by atoms with Crippen molar-refractivity contribution in [2.45, 2.75) is 67.5 Å². The quantitative estimate of drug-likeness (QED) is 0.384. The zero-order valence-electron chi connectivity index (χ0n) is 19.9. The van der Waals surface area contributed by atoms with Crippen LogP contribution in [-0.4, -0.2) is 11.0 Å². The zero-order chi connectivity index (χ0) is 22.4. The molecule has 1 heterocycles. The summed E-state index contributed by atoms with van der Waals surface area (Å²) in [6.07, 6.45) is 9.46. The Hall–Kier alpha value is -2.58. The van der Waals surface area contributed by atoms with E-state index in [4.69, 9.17) is 0 Å². The highest BCUT2D eigenvalue weighted by molar-refractivity contribution is 5.83. The molecule has 2 nitrogen and oxygen atoms in total. The normalized spacial score (nSPS) is 12.2. The van der Waals surface area contributed by atoms with Gasteiger partial charge in [0, 0.05) is 30.9 Å². The molecule has 2 heteroatoms. The van der Waals surface area contributed by atoms with Gasteiger partial charge < -0.3 is 10.3 Å². The number of aromatic amines is 1. The van der Waals surface area contributed by atoms with E-state index >= 15 is 0 Å². The zero-order valence-corrected chi connectivity index (χ0v) is 19.9. The second-order valence-electron chi connectivity index (χ2n) is 6.83. The number of allylic oxidation sites excluding steroid dienone is 4. The Labute approximate surface area is 184 Å². The van der Waals surface area contributed by atoms with Gasteiger partial charge in [0.2, 0.25) is 0 Å². The second kappa shape index (κ2) is 14.4. The van der Waals surface area contributed by atoms with Crippen molar-refractivity contribution in [2.24, 2.45) is 0 Å². The van der Waals surface area contributed by atoms with E-state index in [0.717, 1.165) is 13.0 Å². The van der Waals surface area contributed by atoms with Gasteiger partial charge in [-0.25, -0.2) is 0 Å². The Balaban J connectivity index is 0.00000106. The molecule has 1 aromatic heterocycles. The van der Waals surface area contributed by atoms with Gasteiger partial charge in [0.1, 0.15) is 0 Å². The topological polar surface area (TPSA) is 27.8 Å². The summed E-state index contributed by atoms with van der Waals surface area (Å²) in [6.45, 7) is 15.3. The molecule has 3 aromatic rings. The van der Waals surface area contributed by atoms with Gasteiger partial charge >= 0.3 is 0 Å². The van der Waals surface area contributed by atoms with Crippen molar-refractivity contribution in [3.63, 3.8) is 0 Å². The predicted octanol–water partition coefficient (Wildman–Crippen LogP) is 7.92. The van der Waals surface area contributed by atoms with E-state index in [-0.39, 0.29) is 0 Å². The highest BCUT2D eigenvalue weighted by Gasteiger charge is 2.07. The maximum atomic E-state index is 3.64. The average molecular weight is 405 g/mol. The number of aromatic nitrogens is 1. The number of H-pyrrole nitrogens is 1. The number of hydrogen-bond donors (Lipinski definition) is 2. The lowest BCUT2D eigenvalue weighted by atomic mass is 10.1. The molecule has 3 rings (SSSR count). The Morgan fingerprint density at radius 1 is 0.967 bits per heavy atom. The van der Waals surface area contributed by atoms with E-state index < -0.39 is 0 Å². The first-order chi connectivity index (χ1) is 14.7. The molecule has 0 saturated heterocycles. The number of hydrogen-bond acceptors (Lipinski definition) is 1. The summed E-state index contributed by atoms with van der Waals surface area (Å²) in [5.74, 6) is 0. The SMILES string of the molecule is C/C=C\C(=C/C)c1c[nH]c(CC(C)NCc2ccc3ccccc3c2)c1.CC.CC. The summed E-state index contributed by atoms with van der Waals surface area (Å²) in [5, 5.41) is 6.24. The van der Waals surface area contributed by atoms with Crippen molar-refractivity contribution in [1.29, 1.82) is 0 Å². The molecule has 0 bridgehead atoms. The molecule has 0 spiro atoms. The lowest BCUT2D eigenvalue weighted by Crippen LogP contribution is -2.27. The van der Waals surface area contributed by atoms with E-state index in [1.54, 1.807) is 0 Å². The molecule has 2 aromatic carbocycles. The van der Waals surface area contributed by atoms with Crippen molar-refractivity contribution in [2.75, 3.05) is 0 Å². The van der Waals surface area contributed by atoms with E-state index in [1.165, 1.54) is 33.2 Å². The molecule has 1 unspecified atom stereocenters. The minimum absolute atomic E-state index is 0.406. The molecule has 0 radical (unpaired) electrons. The fraction of sp³-hybridized carbons (Fsp3) is 0.357. The van der Waals surface area contributed by atoms with Crippen LogP contribution in [0.25, 0.3) is 16.3 Å². The minimum Gasteiger partial charge on any atom is -0.364 e. The van der Waals surface area contributed by atoms with Crippen LogP contribution >= 0.6 is 0 Å². The number of fused-ring (bicyclic) bond motifs is 1. The Morgan fingerprint density at radius 3 is 2.33 bits per heavy atom. The molecule has 30 heavy (non-hydrogen) atoms. The predicted molar refractivity (Wildman–Crippen MR) is 136 cm³/mol. The molecule has 0 aliphatic heterocycles. The van der Waals surface area contributed by atoms with E-state index in [9.17, 15) is 0 Å². The summed E-state index contributed by atoms with van der Waals surface area (Å²) in [6, 6.07) is 17.9. The standard InChI is InChI=1S/C24H28N2.2C2H6/c1-4-8-20(5-2)23-15-24(26-17-23)13-18(3)25-16-19-11-12-21-9-6-7-10-22(21)14-19;2*1-2/h4-12,14-15,17-18,25-26H,13,16H2,1-3H3;2*1-2H3/b8-4-,20-5+;;. The fourth-order valence-corrected chi connectivity index (χ4v) is 3.31. The molecule has 1 atom stereocenters. The Kier molecular flexibility index (Phi) is 12.2. The van der Waals surface area contributed by atoms with Crippen LogP contribution in [0.5, 0.6) is 0 Å². The third-order valence-corrected chi connectivity index (χ3v) is 4.73. The van der Waals surface area contributed by atoms with Gasteiger partial charge in [0.05, 0.1) is 0 Å². The van der Waals surface area contributed by atoms with Crippen molar-refractivity contribution in [1.82, 2.24) is 10.3 Å². The van der Waals surface area contributed by atoms with Crippen molar-refractivity contribution >= 4 is 16.3 Å². The van der Waals surface area contributed by atoms with Crippen molar-refractivity contribution in [3.8, 4) is 0 Å². The molecule has 0 saturated carbocycles. The summed E-state index contributed by atoms with van der Waals surface area (Å²) in [7, 11) is 0. The molecular weight excluding hydrogens is 364 g/mol. The van der Waals surface area contributed by atoms with Crippen LogP contribution in [0.15, 0.2) is 73.0 Å². The minimum atomic E-state index is 0.406.